The van der Waals surface area contributed by atoms with Crippen LogP contribution in [0.25, 0.3) is 5.65 Å². The Morgan fingerprint density at radius 2 is 1.92 bits per heavy atom. The molecule has 0 fully saturated rings. The lowest BCUT2D eigenvalue weighted by molar-refractivity contribution is -0.137. The minimum absolute atomic E-state index is 0.202. The van der Waals surface area contributed by atoms with Crippen molar-refractivity contribution < 1.29 is 22.7 Å². The molecular formula is C18H16F3N3O2. The first-order valence-electron chi connectivity index (χ1n) is 7.91. The van der Waals surface area contributed by atoms with Crippen molar-refractivity contribution in [3.8, 4) is 5.75 Å². The number of carbonyl (C=O) groups excluding carboxylic acids is 1. The number of rotatable bonds is 6. The number of imidazole rings is 1. The van der Waals surface area contributed by atoms with Crippen LogP contribution < -0.4 is 10.1 Å². The normalized spacial score (nSPS) is 11.5. The van der Waals surface area contributed by atoms with E-state index in [0.717, 1.165) is 23.5 Å². The molecule has 136 valence electrons. The van der Waals surface area contributed by atoms with Crippen molar-refractivity contribution in [2.75, 3.05) is 13.2 Å². The van der Waals surface area contributed by atoms with E-state index in [2.05, 4.69) is 10.3 Å². The van der Waals surface area contributed by atoms with Crippen LogP contribution in [0.1, 0.15) is 11.3 Å². The van der Waals surface area contributed by atoms with E-state index >= 15 is 0 Å². The molecule has 2 aromatic heterocycles. The lowest BCUT2D eigenvalue weighted by Gasteiger charge is -2.09. The predicted octanol–water partition coefficient (Wildman–Crippen LogP) is 3.09. The Hall–Kier alpha value is -3.03. The van der Waals surface area contributed by atoms with Crippen molar-refractivity contribution in [2.24, 2.45) is 0 Å². The molecule has 0 saturated heterocycles. The number of pyridine rings is 1. The number of nitrogens with zero attached hydrogens (tertiary/aromatic N) is 2. The molecule has 3 rings (SSSR count). The molecule has 0 aliphatic heterocycles. The van der Waals surface area contributed by atoms with E-state index in [4.69, 9.17) is 4.74 Å². The summed E-state index contributed by atoms with van der Waals surface area (Å²) in [6.45, 7) is 0.121. The van der Waals surface area contributed by atoms with Crippen LogP contribution in [-0.2, 0) is 17.4 Å². The summed E-state index contributed by atoms with van der Waals surface area (Å²) in [5.74, 6) is -0.151. The monoisotopic (exact) mass is 363 g/mol. The summed E-state index contributed by atoms with van der Waals surface area (Å²) < 4.78 is 44.5. The van der Waals surface area contributed by atoms with E-state index in [1.54, 1.807) is 0 Å². The van der Waals surface area contributed by atoms with Crippen LogP contribution >= 0.6 is 0 Å². The number of hydrogen-bond donors (Lipinski definition) is 1. The number of halogens is 3. The fraction of sp³-hybridized carbons (Fsp3) is 0.222. The molecule has 0 spiro atoms. The Kier molecular flexibility index (Phi) is 5.11. The average molecular weight is 363 g/mol. The molecule has 0 unspecified atom stereocenters. The number of nitrogens with one attached hydrogen (secondary N) is 1. The summed E-state index contributed by atoms with van der Waals surface area (Å²) in [4.78, 5) is 16.2. The Bertz CT molecular complexity index is 856. The van der Waals surface area contributed by atoms with E-state index < -0.39 is 11.7 Å². The van der Waals surface area contributed by atoms with Gasteiger partial charge in [-0.25, -0.2) is 4.98 Å². The van der Waals surface area contributed by atoms with Gasteiger partial charge in [-0.1, -0.05) is 6.07 Å². The second-order valence-electron chi connectivity index (χ2n) is 5.61. The first-order chi connectivity index (χ1) is 12.4. The minimum Gasteiger partial charge on any atom is -0.484 e. The first kappa shape index (κ1) is 17.8. The van der Waals surface area contributed by atoms with Crippen LogP contribution in [0.4, 0.5) is 13.2 Å². The Morgan fingerprint density at radius 1 is 1.15 bits per heavy atom. The second kappa shape index (κ2) is 7.47. The fourth-order valence-corrected chi connectivity index (χ4v) is 2.38. The molecule has 26 heavy (non-hydrogen) atoms. The number of amides is 1. The number of hydrogen-bond acceptors (Lipinski definition) is 3. The van der Waals surface area contributed by atoms with Gasteiger partial charge in [0, 0.05) is 25.4 Å². The summed E-state index contributed by atoms with van der Waals surface area (Å²) in [5, 5.41) is 2.69. The molecule has 0 atom stereocenters. The lowest BCUT2D eigenvalue weighted by atomic mass is 10.2. The van der Waals surface area contributed by atoms with Gasteiger partial charge in [-0.2, -0.15) is 13.2 Å². The van der Waals surface area contributed by atoms with E-state index in [9.17, 15) is 18.0 Å². The highest BCUT2D eigenvalue weighted by Gasteiger charge is 2.30. The quantitative estimate of drug-likeness (QED) is 0.732. The highest BCUT2D eigenvalue weighted by molar-refractivity contribution is 5.77. The predicted molar refractivity (Wildman–Crippen MR) is 88.8 cm³/mol. The van der Waals surface area contributed by atoms with Crippen molar-refractivity contribution in [2.45, 2.75) is 12.6 Å². The van der Waals surface area contributed by atoms with Crippen LogP contribution in [0, 0.1) is 0 Å². The molecule has 1 aromatic carbocycles. The maximum Gasteiger partial charge on any atom is 0.416 e. The molecule has 0 saturated carbocycles. The maximum absolute atomic E-state index is 12.5. The van der Waals surface area contributed by atoms with Crippen molar-refractivity contribution in [3.05, 3.63) is 66.1 Å². The highest BCUT2D eigenvalue weighted by Crippen LogP contribution is 2.30. The average Bonchev–Trinajstić information content (AvgIpc) is 3.02. The number of carbonyl (C=O) groups is 1. The minimum atomic E-state index is -4.40. The van der Waals surface area contributed by atoms with E-state index in [1.807, 2.05) is 35.0 Å². The summed E-state index contributed by atoms with van der Waals surface area (Å²) in [6, 6.07) is 9.89. The summed E-state index contributed by atoms with van der Waals surface area (Å²) >= 11 is 0. The van der Waals surface area contributed by atoms with Crippen LogP contribution in [0.5, 0.6) is 5.75 Å². The van der Waals surface area contributed by atoms with E-state index in [1.165, 1.54) is 12.1 Å². The van der Waals surface area contributed by atoms with Gasteiger partial charge in [-0.05, 0) is 36.4 Å². The third-order valence-corrected chi connectivity index (χ3v) is 3.67. The third-order valence-electron chi connectivity index (χ3n) is 3.67. The zero-order chi connectivity index (χ0) is 18.6. The zero-order valence-corrected chi connectivity index (χ0v) is 13.7. The molecule has 1 amide bonds. The Labute approximate surface area is 147 Å². The largest absolute Gasteiger partial charge is 0.484 e. The van der Waals surface area contributed by atoms with Gasteiger partial charge in [-0.15, -0.1) is 0 Å². The van der Waals surface area contributed by atoms with Crippen molar-refractivity contribution >= 4 is 11.6 Å². The van der Waals surface area contributed by atoms with Gasteiger partial charge < -0.3 is 14.5 Å². The van der Waals surface area contributed by atoms with E-state index in [-0.39, 0.29) is 18.3 Å². The number of fused-ring (bicyclic) bond motifs is 1. The molecule has 3 aromatic rings. The van der Waals surface area contributed by atoms with Crippen LogP contribution in [0.2, 0.25) is 0 Å². The van der Waals surface area contributed by atoms with Crippen LogP contribution in [-0.4, -0.2) is 28.4 Å². The van der Waals surface area contributed by atoms with Gasteiger partial charge in [0.2, 0.25) is 0 Å². The van der Waals surface area contributed by atoms with Crippen LogP contribution in [0.15, 0.2) is 54.9 Å². The van der Waals surface area contributed by atoms with Gasteiger partial charge in [0.15, 0.2) is 6.61 Å². The maximum atomic E-state index is 12.5. The summed E-state index contributed by atoms with van der Waals surface area (Å²) in [6.07, 6.45) is -0.0516. The Balaban J connectivity index is 1.42. The number of benzene rings is 1. The molecule has 8 heteroatoms. The SMILES string of the molecule is O=C(COc1ccc(C(F)(F)F)cc1)NCCc1cn2ccccc2n1. The molecular weight excluding hydrogens is 347 g/mol. The topological polar surface area (TPSA) is 55.6 Å². The van der Waals surface area contributed by atoms with Gasteiger partial charge in [0.05, 0.1) is 11.3 Å². The van der Waals surface area contributed by atoms with Crippen molar-refractivity contribution in [1.29, 1.82) is 0 Å². The number of ether oxygens (including phenoxy) is 1. The molecule has 0 bridgehead atoms. The molecule has 0 aliphatic rings. The molecule has 1 N–H and O–H groups in total. The highest BCUT2D eigenvalue weighted by atomic mass is 19.4. The lowest BCUT2D eigenvalue weighted by Crippen LogP contribution is -2.30. The van der Waals surface area contributed by atoms with E-state index in [0.29, 0.717) is 13.0 Å². The standard InChI is InChI=1S/C18H16F3N3O2/c19-18(20,21)13-4-6-15(7-5-13)26-12-17(25)22-9-8-14-11-24-10-2-1-3-16(24)23-14/h1-7,10-11H,8-9,12H2,(H,22,25). The van der Waals surface area contributed by atoms with Gasteiger partial charge in [0.25, 0.3) is 5.91 Å². The molecule has 0 aliphatic carbocycles. The zero-order valence-electron chi connectivity index (χ0n) is 13.7. The summed E-state index contributed by atoms with van der Waals surface area (Å²) in [7, 11) is 0. The number of aromatic nitrogens is 2. The van der Waals surface area contributed by atoms with Gasteiger partial charge in [-0.3, -0.25) is 4.79 Å². The second-order valence-corrected chi connectivity index (χ2v) is 5.61. The molecule has 2 heterocycles. The van der Waals surface area contributed by atoms with Crippen molar-refractivity contribution in [3.63, 3.8) is 0 Å². The first-order valence-corrected chi connectivity index (χ1v) is 7.91. The smallest absolute Gasteiger partial charge is 0.416 e. The summed E-state index contributed by atoms with van der Waals surface area (Å²) in [5.41, 5.74) is 0.918. The number of alkyl halides is 3. The van der Waals surface area contributed by atoms with Crippen LogP contribution in [0.3, 0.4) is 0 Å². The molecule has 0 radical (unpaired) electrons. The third kappa shape index (κ3) is 4.53. The van der Waals surface area contributed by atoms with Gasteiger partial charge in [0.1, 0.15) is 11.4 Å². The van der Waals surface area contributed by atoms with Crippen molar-refractivity contribution in [1.82, 2.24) is 14.7 Å². The molecule has 5 nitrogen and oxygen atoms in total. The fourth-order valence-electron chi connectivity index (χ4n) is 2.38. The Morgan fingerprint density at radius 3 is 2.62 bits per heavy atom. The van der Waals surface area contributed by atoms with Gasteiger partial charge >= 0.3 is 6.18 Å².